The van der Waals surface area contributed by atoms with Crippen LogP contribution in [0, 0.1) is 5.92 Å². The highest BCUT2D eigenvalue weighted by Gasteiger charge is 2.33. The molecular formula is C9H14N4O. The predicted molar refractivity (Wildman–Crippen MR) is 51.5 cm³/mol. The maximum atomic E-state index is 11.1. The number of rotatable bonds is 2. The number of primary amides is 1. The van der Waals surface area contributed by atoms with Crippen molar-refractivity contribution in [1.82, 2.24) is 15.1 Å². The van der Waals surface area contributed by atoms with Crippen LogP contribution in [-0.2, 0) is 11.8 Å². The predicted octanol–water partition coefficient (Wildman–Crippen LogP) is -0.792. The Bertz CT molecular complexity index is 346. The third-order valence-electron chi connectivity index (χ3n) is 2.73. The van der Waals surface area contributed by atoms with Gasteiger partial charge in [0.2, 0.25) is 5.91 Å². The van der Waals surface area contributed by atoms with Crippen molar-refractivity contribution in [3.63, 3.8) is 0 Å². The minimum Gasteiger partial charge on any atom is -0.369 e. The van der Waals surface area contributed by atoms with Gasteiger partial charge < -0.3 is 11.1 Å². The molecule has 14 heavy (non-hydrogen) atoms. The summed E-state index contributed by atoms with van der Waals surface area (Å²) >= 11 is 0. The van der Waals surface area contributed by atoms with Crippen LogP contribution in [0.5, 0.6) is 0 Å². The van der Waals surface area contributed by atoms with E-state index < -0.39 is 0 Å². The molecule has 1 aromatic heterocycles. The molecule has 1 saturated heterocycles. The first kappa shape index (κ1) is 9.21. The molecule has 1 fully saturated rings. The number of carbonyl (C=O) groups is 1. The van der Waals surface area contributed by atoms with Gasteiger partial charge in [-0.15, -0.1) is 0 Å². The molecule has 2 rings (SSSR count). The van der Waals surface area contributed by atoms with Gasteiger partial charge in [0.25, 0.3) is 0 Å². The molecule has 1 aliphatic heterocycles. The highest BCUT2D eigenvalue weighted by molar-refractivity contribution is 5.78. The van der Waals surface area contributed by atoms with Crippen molar-refractivity contribution < 1.29 is 4.79 Å². The van der Waals surface area contributed by atoms with Crippen LogP contribution in [0.2, 0.25) is 0 Å². The topological polar surface area (TPSA) is 72.9 Å². The van der Waals surface area contributed by atoms with Crippen molar-refractivity contribution in [3.05, 3.63) is 18.0 Å². The molecule has 5 nitrogen and oxygen atoms in total. The number of carbonyl (C=O) groups excluding carboxylic acids is 1. The minimum atomic E-state index is -0.233. The Morgan fingerprint density at radius 3 is 3.07 bits per heavy atom. The molecule has 2 heterocycles. The maximum Gasteiger partial charge on any atom is 0.222 e. The lowest BCUT2D eigenvalue weighted by molar-refractivity contribution is -0.121. The second-order valence-electron chi connectivity index (χ2n) is 3.72. The average molecular weight is 194 g/mol. The molecule has 0 aromatic carbocycles. The molecule has 0 radical (unpaired) electrons. The van der Waals surface area contributed by atoms with Crippen molar-refractivity contribution in [2.24, 2.45) is 18.7 Å². The molecular weight excluding hydrogens is 180 g/mol. The Hall–Kier alpha value is -1.36. The van der Waals surface area contributed by atoms with Crippen LogP contribution < -0.4 is 11.1 Å². The van der Waals surface area contributed by atoms with Gasteiger partial charge in [0, 0.05) is 32.3 Å². The highest BCUT2D eigenvalue weighted by atomic mass is 16.1. The van der Waals surface area contributed by atoms with Crippen LogP contribution in [0.25, 0.3) is 0 Å². The van der Waals surface area contributed by atoms with E-state index in [1.165, 1.54) is 0 Å². The fourth-order valence-electron chi connectivity index (χ4n) is 1.96. The van der Waals surface area contributed by atoms with E-state index in [0.29, 0.717) is 6.54 Å². The monoisotopic (exact) mass is 194 g/mol. The molecule has 5 heteroatoms. The summed E-state index contributed by atoms with van der Waals surface area (Å²) in [5, 5.41) is 7.27. The molecule has 3 N–H and O–H groups in total. The largest absolute Gasteiger partial charge is 0.369 e. The number of nitrogens with two attached hydrogens (primary N) is 1. The molecule has 1 amide bonds. The van der Waals surface area contributed by atoms with Crippen LogP contribution in [0.1, 0.15) is 11.5 Å². The maximum absolute atomic E-state index is 11.1. The zero-order valence-electron chi connectivity index (χ0n) is 8.10. The van der Waals surface area contributed by atoms with E-state index in [0.717, 1.165) is 12.1 Å². The van der Waals surface area contributed by atoms with Crippen molar-refractivity contribution in [1.29, 1.82) is 0 Å². The Balaban J connectivity index is 2.21. The number of nitrogens with one attached hydrogen (secondary N) is 1. The van der Waals surface area contributed by atoms with E-state index >= 15 is 0 Å². The number of nitrogens with zero attached hydrogens (tertiary/aromatic N) is 2. The van der Waals surface area contributed by atoms with Gasteiger partial charge in [0.1, 0.15) is 0 Å². The summed E-state index contributed by atoms with van der Waals surface area (Å²) in [6, 6.07) is 0. The zero-order valence-corrected chi connectivity index (χ0v) is 8.10. The normalized spacial score (nSPS) is 26.6. The van der Waals surface area contributed by atoms with E-state index in [1.54, 1.807) is 10.9 Å². The molecule has 0 spiro atoms. The first-order chi connectivity index (χ1) is 6.68. The van der Waals surface area contributed by atoms with Crippen LogP contribution >= 0.6 is 0 Å². The smallest absolute Gasteiger partial charge is 0.222 e. The van der Waals surface area contributed by atoms with Gasteiger partial charge in [0.15, 0.2) is 0 Å². The average Bonchev–Trinajstić information content (AvgIpc) is 2.70. The van der Waals surface area contributed by atoms with Gasteiger partial charge in [-0.05, 0) is 5.56 Å². The van der Waals surface area contributed by atoms with Crippen LogP contribution in [0.15, 0.2) is 12.4 Å². The molecule has 2 atom stereocenters. The summed E-state index contributed by atoms with van der Waals surface area (Å²) in [6.07, 6.45) is 3.74. The number of hydrogen-bond donors (Lipinski definition) is 2. The van der Waals surface area contributed by atoms with E-state index in [4.69, 9.17) is 5.73 Å². The van der Waals surface area contributed by atoms with E-state index in [-0.39, 0.29) is 17.7 Å². The molecule has 76 valence electrons. The third kappa shape index (κ3) is 1.50. The van der Waals surface area contributed by atoms with E-state index in [1.807, 2.05) is 13.2 Å². The second-order valence-corrected chi connectivity index (χ2v) is 3.72. The Labute approximate surface area is 82.3 Å². The van der Waals surface area contributed by atoms with Gasteiger partial charge in [-0.25, -0.2) is 0 Å². The summed E-state index contributed by atoms with van der Waals surface area (Å²) < 4.78 is 1.74. The zero-order chi connectivity index (χ0) is 10.1. The SMILES string of the molecule is Cn1cc([C@H]2CNC[C@@H]2C(N)=O)cn1. The summed E-state index contributed by atoms with van der Waals surface area (Å²) in [5.74, 6) is -0.149. The van der Waals surface area contributed by atoms with Gasteiger partial charge in [-0.1, -0.05) is 0 Å². The minimum absolute atomic E-state index is 0.0980. The van der Waals surface area contributed by atoms with E-state index in [2.05, 4.69) is 10.4 Å². The molecule has 0 aliphatic carbocycles. The number of aryl methyl sites for hydroxylation is 1. The van der Waals surface area contributed by atoms with Crippen molar-refractivity contribution in [3.8, 4) is 0 Å². The Morgan fingerprint density at radius 1 is 1.71 bits per heavy atom. The standard InChI is InChI=1S/C9H14N4O/c1-13-5-6(2-12-13)7-3-11-4-8(7)9(10)14/h2,5,7-8,11H,3-4H2,1H3,(H2,10,14)/t7-,8+/m1/s1. The first-order valence-corrected chi connectivity index (χ1v) is 4.67. The third-order valence-corrected chi connectivity index (χ3v) is 2.73. The highest BCUT2D eigenvalue weighted by Crippen LogP contribution is 2.27. The Morgan fingerprint density at radius 2 is 2.50 bits per heavy atom. The molecule has 1 aromatic rings. The van der Waals surface area contributed by atoms with Crippen LogP contribution in [0.3, 0.4) is 0 Å². The summed E-state index contributed by atoms with van der Waals surface area (Å²) in [5.41, 5.74) is 6.41. The molecule has 0 saturated carbocycles. The van der Waals surface area contributed by atoms with Gasteiger partial charge in [-0.2, -0.15) is 5.10 Å². The van der Waals surface area contributed by atoms with Crippen molar-refractivity contribution in [2.45, 2.75) is 5.92 Å². The lowest BCUT2D eigenvalue weighted by atomic mass is 9.90. The Kier molecular flexibility index (Phi) is 2.25. The lowest BCUT2D eigenvalue weighted by Gasteiger charge is -2.12. The summed E-state index contributed by atoms with van der Waals surface area (Å²) in [7, 11) is 1.87. The van der Waals surface area contributed by atoms with Crippen molar-refractivity contribution in [2.75, 3.05) is 13.1 Å². The van der Waals surface area contributed by atoms with Gasteiger partial charge in [0.05, 0.1) is 12.1 Å². The summed E-state index contributed by atoms with van der Waals surface area (Å²) in [6.45, 7) is 1.48. The van der Waals surface area contributed by atoms with E-state index in [9.17, 15) is 4.79 Å². The quantitative estimate of drug-likeness (QED) is 0.648. The fourth-order valence-corrected chi connectivity index (χ4v) is 1.96. The van der Waals surface area contributed by atoms with Gasteiger partial charge in [-0.3, -0.25) is 9.48 Å². The number of aromatic nitrogens is 2. The molecule has 0 unspecified atom stereocenters. The van der Waals surface area contributed by atoms with Gasteiger partial charge >= 0.3 is 0 Å². The fraction of sp³-hybridized carbons (Fsp3) is 0.556. The lowest BCUT2D eigenvalue weighted by Crippen LogP contribution is -2.28. The number of amides is 1. The molecule has 1 aliphatic rings. The van der Waals surface area contributed by atoms with Crippen molar-refractivity contribution >= 4 is 5.91 Å². The molecule has 0 bridgehead atoms. The van der Waals surface area contributed by atoms with Crippen LogP contribution in [-0.4, -0.2) is 28.8 Å². The van der Waals surface area contributed by atoms with Crippen LogP contribution in [0.4, 0.5) is 0 Å². The number of hydrogen-bond acceptors (Lipinski definition) is 3. The first-order valence-electron chi connectivity index (χ1n) is 4.67. The summed E-state index contributed by atoms with van der Waals surface area (Å²) in [4.78, 5) is 11.1. The second kappa shape index (κ2) is 3.42.